The Labute approximate surface area is 196 Å². The van der Waals surface area contributed by atoms with E-state index in [1.807, 2.05) is 12.2 Å². The number of amides is 1. The van der Waals surface area contributed by atoms with E-state index in [4.69, 9.17) is 16.3 Å². The Kier molecular flexibility index (Phi) is 5.56. The SMILES string of the molecule is COc1cc(Cl)cc(-c2cc(C3=CNC(=C4CCC4)NC3=O)cn(C3=CNCC=C3)c2=O)c1. The van der Waals surface area contributed by atoms with Crippen molar-refractivity contribution >= 4 is 28.8 Å². The molecule has 0 unspecified atom stereocenters. The zero-order chi connectivity index (χ0) is 22.9. The molecule has 3 heterocycles. The number of carbonyl (C=O) groups excluding carboxylic acids is 1. The molecular weight excluding hydrogens is 440 g/mol. The van der Waals surface area contributed by atoms with Crippen LogP contribution in [0.4, 0.5) is 0 Å². The van der Waals surface area contributed by atoms with Crippen LogP contribution in [0.25, 0.3) is 22.4 Å². The van der Waals surface area contributed by atoms with Crippen molar-refractivity contribution in [3.05, 3.63) is 87.3 Å². The third kappa shape index (κ3) is 4.07. The highest BCUT2D eigenvalue weighted by Gasteiger charge is 2.24. The van der Waals surface area contributed by atoms with Crippen molar-refractivity contribution in [3.63, 3.8) is 0 Å². The van der Waals surface area contributed by atoms with E-state index in [1.165, 1.54) is 10.1 Å². The molecule has 0 saturated heterocycles. The van der Waals surface area contributed by atoms with Crippen LogP contribution in [0.3, 0.4) is 0 Å². The van der Waals surface area contributed by atoms with Crippen LogP contribution >= 0.6 is 11.6 Å². The molecule has 1 aromatic carbocycles. The van der Waals surface area contributed by atoms with E-state index in [2.05, 4.69) is 16.0 Å². The van der Waals surface area contributed by atoms with Crippen LogP contribution in [0.5, 0.6) is 5.75 Å². The second-order valence-electron chi connectivity index (χ2n) is 8.07. The fourth-order valence-corrected chi connectivity index (χ4v) is 4.23. The predicted octanol–water partition coefficient (Wildman–Crippen LogP) is 3.59. The van der Waals surface area contributed by atoms with E-state index in [-0.39, 0.29) is 11.5 Å². The minimum Gasteiger partial charge on any atom is -0.497 e. The van der Waals surface area contributed by atoms with Gasteiger partial charge in [0.05, 0.1) is 18.4 Å². The molecule has 1 aliphatic carbocycles. The van der Waals surface area contributed by atoms with Crippen LogP contribution in [0, 0.1) is 0 Å². The van der Waals surface area contributed by atoms with Crippen molar-refractivity contribution in [3.8, 4) is 16.9 Å². The fourth-order valence-electron chi connectivity index (χ4n) is 4.01. The van der Waals surface area contributed by atoms with Crippen LogP contribution in [0.15, 0.2) is 71.2 Å². The lowest BCUT2D eigenvalue weighted by Gasteiger charge is -2.26. The number of hydrogen-bond donors (Lipinski definition) is 3. The highest BCUT2D eigenvalue weighted by Crippen LogP contribution is 2.31. The van der Waals surface area contributed by atoms with Crippen molar-refractivity contribution in [1.29, 1.82) is 0 Å². The topological polar surface area (TPSA) is 84.4 Å². The Morgan fingerprint density at radius 2 is 1.91 bits per heavy atom. The molecule has 8 heteroatoms. The molecule has 0 radical (unpaired) electrons. The number of dihydropyridines is 1. The zero-order valence-corrected chi connectivity index (χ0v) is 18.8. The van der Waals surface area contributed by atoms with E-state index in [9.17, 15) is 9.59 Å². The molecule has 168 valence electrons. The molecule has 33 heavy (non-hydrogen) atoms. The molecule has 0 spiro atoms. The van der Waals surface area contributed by atoms with Gasteiger partial charge in [-0.25, -0.2) is 0 Å². The normalized spacial score (nSPS) is 17.3. The molecule has 5 rings (SSSR count). The Morgan fingerprint density at radius 1 is 1.06 bits per heavy atom. The molecule has 0 bridgehead atoms. The van der Waals surface area contributed by atoms with Crippen molar-refractivity contribution < 1.29 is 9.53 Å². The van der Waals surface area contributed by atoms with E-state index in [0.29, 0.717) is 45.3 Å². The molecular formula is C25H23ClN4O3. The lowest BCUT2D eigenvalue weighted by Crippen LogP contribution is -2.37. The van der Waals surface area contributed by atoms with Crippen LogP contribution in [0.1, 0.15) is 24.8 Å². The minimum atomic E-state index is -0.232. The molecule has 3 N–H and O–H groups in total. The summed E-state index contributed by atoms with van der Waals surface area (Å²) in [5, 5.41) is 9.75. The summed E-state index contributed by atoms with van der Waals surface area (Å²) in [6.45, 7) is 0.686. The molecule has 3 aliphatic rings. The van der Waals surface area contributed by atoms with Crippen LogP contribution in [0.2, 0.25) is 5.02 Å². The summed E-state index contributed by atoms with van der Waals surface area (Å²) in [4.78, 5) is 26.5. The van der Waals surface area contributed by atoms with Gasteiger partial charge < -0.3 is 20.7 Å². The largest absolute Gasteiger partial charge is 0.497 e. The van der Waals surface area contributed by atoms with Gasteiger partial charge >= 0.3 is 0 Å². The highest BCUT2D eigenvalue weighted by molar-refractivity contribution is 6.31. The number of rotatable bonds is 4. The molecule has 7 nitrogen and oxygen atoms in total. The number of halogens is 1. The summed E-state index contributed by atoms with van der Waals surface area (Å²) < 4.78 is 6.88. The van der Waals surface area contributed by atoms with E-state index in [0.717, 1.165) is 25.1 Å². The number of nitrogens with one attached hydrogen (secondary N) is 3. The number of hydrogen-bond acceptors (Lipinski definition) is 5. The smallest absolute Gasteiger partial charge is 0.263 e. The van der Waals surface area contributed by atoms with Gasteiger partial charge in [-0.05, 0) is 60.7 Å². The van der Waals surface area contributed by atoms with Gasteiger partial charge in [-0.3, -0.25) is 14.2 Å². The third-order valence-electron chi connectivity index (χ3n) is 5.95. The van der Waals surface area contributed by atoms with Crippen LogP contribution < -0.4 is 26.2 Å². The molecule has 2 aliphatic heterocycles. The summed E-state index contributed by atoms with van der Waals surface area (Å²) in [6.07, 6.45) is 12.1. The summed E-state index contributed by atoms with van der Waals surface area (Å²) >= 11 is 6.28. The second-order valence-corrected chi connectivity index (χ2v) is 8.50. The Hall–Kier alpha value is -3.71. The monoisotopic (exact) mass is 462 g/mol. The van der Waals surface area contributed by atoms with Crippen molar-refractivity contribution in [1.82, 2.24) is 20.5 Å². The number of aromatic nitrogens is 1. The first kappa shape index (κ1) is 21.2. The Bertz CT molecular complexity index is 1330. The average molecular weight is 463 g/mol. The summed E-state index contributed by atoms with van der Waals surface area (Å²) in [5.41, 5.74) is 3.72. The van der Waals surface area contributed by atoms with Crippen molar-refractivity contribution in [2.75, 3.05) is 13.7 Å². The third-order valence-corrected chi connectivity index (χ3v) is 6.17. The van der Waals surface area contributed by atoms with Crippen LogP contribution in [-0.4, -0.2) is 24.1 Å². The van der Waals surface area contributed by atoms with E-state index in [1.54, 1.807) is 50.0 Å². The maximum atomic E-state index is 13.5. The summed E-state index contributed by atoms with van der Waals surface area (Å²) in [5.74, 6) is 1.10. The van der Waals surface area contributed by atoms with Crippen molar-refractivity contribution in [2.24, 2.45) is 0 Å². The zero-order valence-electron chi connectivity index (χ0n) is 18.1. The quantitative estimate of drug-likeness (QED) is 0.646. The van der Waals surface area contributed by atoms with E-state index >= 15 is 0 Å². The molecule has 1 aromatic heterocycles. The predicted molar refractivity (Wildman–Crippen MR) is 129 cm³/mol. The Balaban J connectivity index is 1.67. The lowest BCUT2D eigenvalue weighted by molar-refractivity contribution is -0.115. The highest BCUT2D eigenvalue weighted by atomic mass is 35.5. The second kappa shape index (κ2) is 8.67. The minimum absolute atomic E-state index is 0.214. The number of carbonyl (C=O) groups is 1. The number of allylic oxidation sites excluding steroid dienone is 3. The molecule has 1 saturated carbocycles. The van der Waals surface area contributed by atoms with Gasteiger partial charge in [0, 0.05) is 41.3 Å². The first-order valence-corrected chi connectivity index (χ1v) is 11.1. The summed E-state index contributed by atoms with van der Waals surface area (Å²) in [7, 11) is 1.55. The number of ether oxygens (including phenoxy) is 1. The van der Waals surface area contributed by atoms with Crippen LogP contribution in [-0.2, 0) is 4.79 Å². The number of methoxy groups -OCH3 is 1. The molecule has 2 aromatic rings. The fraction of sp³-hybridized carbons (Fsp3) is 0.200. The van der Waals surface area contributed by atoms with Gasteiger partial charge in [-0.15, -0.1) is 0 Å². The average Bonchev–Trinajstić information content (AvgIpc) is 2.78. The number of nitrogens with zero attached hydrogens (tertiary/aromatic N) is 1. The molecule has 0 atom stereocenters. The standard InChI is InChI=1S/C25H23ClN4O3/c1-33-20-9-16(8-18(26)11-20)21-10-17(14-30(25(21)32)19-6-3-7-27-12-19)22-13-28-23(29-24(22)31)15-4-2-5-15/h3,6,8-14,27-28H,2,4-5,7H2,1H3,(H,29,31). The summed E-state index contributed by atoms with van der Waals surface area (Å²) in [6, 6.07) is 6.87. The Morgan fingerprint density at radius 3 is 2.58 bits per heavy atom. The lowest BCUT2D eigenvalue weighted by atomic mass is 9.91. The number of pyridine rings is 1. The molecule has 1 fully saturated rings. The van der Waals surface area contributed by atoms with Gasteiger partial charge in [0.25, 0.3) is 11.5 Å². The van der Waals surface area contributed by atoms with E-state index < -0.39 is 0 Å². The van der Waals surface area contributed by atoms with Crippen molar-refractivity contribution in [2.45, 2.75) is 19.3 Å². The van der Waals surface area contributed by atoms with Gasteiger partial charge in [0.1, 0.15) is 11.6 Å². The first-order valence-electron chi connectivity index (χ1n) is 10.8. The van der Waals surface area contributed by atoms with Gasteiger partial charge in [-0.2, -0.15) is 0 Å². The number of benzene rings is 1. The first-order chi connectivity index (χ1) is 16.0. The molecule has 1 amide bonds. The van der Waals surface area contributed by atoms with Gasteiger partial charge in [0.15, 0.2) is 0 Å². The van der Waals surface area contributed by atoms with Gasteiger partial charge in [0.2, 0.25) is 0 Å². The maximum absolute atomic E-state index is 13.5. The van der Waals surface area contributed by atoms with Gasteiger partial charge in [-0.1, -0.05) is 17.7 Å². The maximum Gasteiger partial charge on any atom is 0.263 e.